The zero-order valence-corrected chi connectivity index (χ0v) is 8.01. The number of benzene rings is 1. The van der Waals surface area contributed by atoms with Crippen LogP contribution >= 0.6 is 0 Å². The maximum Gasteiger partial charge on any atom is 0.129 e. The Bertz CT molecular complexity index is 428. The maximum atomic E-state index is 8.45. The van der Waals surface area contributed by atoms with Gasteiger partial charge in [-0.25, -0.2) is 0 Å². The fourth-order valence-corrected chi connectivity index (χ4v) is 0.923. The lowest BCUT2D eigenvalue weighted by Crippen LogP contribution is -1.84. The first-order valence-electron chi connectivity index (χ1n) is 4.35. The number of hydrogen-bond donors (Lipinski definition) is 1. The Kier molecular flexibility index (Phi) is 4.23. The molecule has 1 N–H and O–H groups in total. The van der Waals surface area contributed by atoms with Gasteiger partial charge in [-0.15, -0.1) is 0 Å². The minimum absolute atomic E-state index is 0.0844. The summed E-state index contributed by atoms with van der Waals surface area (Å²) in [6.45, 7) is 0. The Morgan fingerprint density at radius 3 is 2.40 bits per heavy atom. The molecule has 0 aromatic heterocycles. The third-order valence-electron chi connectivity index (χ3n) is 1.62. The third-order valence-corrected chi connectivity index (χ3v) is 1.62. The first-order valence-corrected chi connectivity index (χ1v) is 4.35. The van der Waals surface area contributed by atoms with Crippen LogP contribution in [0.15, 0.2) is 54.3 Å². The van der Waals surface area contributed by atoms with E-state index in [0.717, 1.165) is 5.69 Å². The second-order valence-electron chi connectivity index (χ2n) is 2.67. The quantitative estimate of drug-likeness (QED) is 0.595. The van der Waals surface area contributed by atoms with Gasteiger partial charge in [0.05, 0.1) is 0 Å². The number of para-hydroxylation sites is 1. The Balaban J connectivity index is 2.53. The Hall–Kier alpha value is -2.52. The van der Waals surface area contributed by atoms with E-state index in [1.807, 2.05) is 30.3 Å². The number of rotatable bonds is 3. The summed E-state index contributed by atoms with van der Waals surface area (Å²) in [5.41, 5.74) is 1.04. The summed E-state index contributed by atoms with van der Waals surface area (Å²) < 4.78 is 0. The van der Waals surface area contributed by atoms with Crippen molar-refractivity contribution in [1.29, 1.82) is 10.5 Å². The number of hydrogen-bond acceptors (Lipinski definition) is 3. The Morgan fingerprint density at radius 2 is 1.80 bits per heavy atom. The highest BCUT2D eigenvalue weighted by molar-refractivity contribution is 5.46. The van der Waals surface area contributed by atoms with E-state index in [2.05, 4.69) is 5.32 Å². The standard InChI is InChI=1S/C12H9N3/c13-9-11(10-14)5-4-8-15-12-6-2-1-3-7-12/h1-8,15H. The highest BCUT2D eigenvalue weighted by atomic mass is 14.8. The molecule has 3 nitrogen and oxygen atoms in total. The zero-order chi connectivity index (χ0) is 10.9. The fraction of sp³-hybridized carbons (Fsp3) is 0. The molecule has 0 atom stereocenters. The molecule has 0 saturated heterocycles. The molecule has 0 heterocycles. The van der Waals surface area contributed by atoms with Gasteiger partial charge in [0.15, 0.2) is 0 Å². The molecule has 1 aromatic rings. The predicted molar refractivity (Wildman–Crippen MR) is 58.5 cm³/mol. The van der Waals surface area contributed by atoms with Crippen LogP contribution in [0.1, 0.15) is 0 Å². The predicted octanol–water partition coefficient (Wildman–Crippen LogP) is 2.59. The first-order chi connectivity index (χ1) is 7.36. The van der Waals surface area contributed by atoms with Crippen LogP contribution in [0.4, 0.5) is 5.69 Å². The molecule has 1 rings (SSSR count). The lowest BCUT2D eigenvalue weighted by Gasteiger charge is -1.97. The lowest BCUT2D eigenvalue weighted by atomic mass is 10.3. The number of nitriles is 2. The monoisotopic (exact) mass is 195 g/mol. The van der Waals surface area contributed by atoms with Gasteiger partial charge >= 0.3 is 0 Å². The van der Waals surface area contributed by atoms with Crippen LogP contribution in [-0.4, -0.2) is 0 Å². The molecule has 0 spiro atoms. The molecule has 15 heavy (non-hydrogen) atoms. The van der Waals surface area contributed by atoms with Crippen LogP contribution in [0.5, 0.6) is 0 Å². The molecule has 0 aliphatic rings. The largest absolute Gasteiger partial charge is 0.362 e. The van der Waals surface area contributed by atoms with E-state index < -0.39 is 0 Å². The van der Waals surface area contributed by atoms with Gasteiger partial charge in [0.1, 0.15) is 17.7 Å². The lowest BCUT2D eigenvalue weighted by molar-refractivity contribution is 1.46. The number of nitrogens with zero attached hydrogens (tertiary/aromatic N) is 2. The average molecular weight is 195 g/mol. The summed E-state index contributed by atoms with van der Waals surface area (Å²) in [6, 6.07) is 13.1. The molecule has 1 aromatic carbocycles. The molecule has 0 aliphatic heterocycles. The summed E-state index contributed by atoms with van der Waals surface area (Å²) >= 11 is 0. The smallest absolute Gasteiger partial charge is 0.129 e. The van der Waals surface area contributed by atoms with Crippen LogP contribution in [0.2, 0.25) is 0 Å². The second kappa shape index (κ2) is 6.01. The van der Waals surface area contributed by atoms with E-state index in [1.165, 1.54) is 6.08 Å². The van der Waals surface area contributed by atoms with Crippen LogP contribution < -0.4 is 5.32 Å². The van der Waals surface area contributed by atoms with Crippen molar-refractivity contribution in [3.05, 3.63) is 54.3 Å². The molecule has 0 fully saturated rings. The molecule has 0 radical (unpaired) electrons. The number of allylic oxidation sites excluding steroid dienone is 3. The molecule has 3 heteroatoms. The minimum atomic E-state index is 0.0844. The summed E-state index contributed by atoms with van der Waals surface area (Å²) in [4.78, 5) is 0. The SMILES string of the molecule is N#CC(C#N)=CC=CNc1ccccc1. The van der Waals surface area contributed by atoms with Crippen molar-refractivity contribution < 1.29 is 0 Å². The molecule has 0 aliphatic carbocycles. The van der Waals surface area contributed by atoms with Gasteiger partial charge in [-0.2, -0.15) is 10.5 Å². The van der Waals surface area contributed by atoms with Gasteiger partial charge in [-0.05, 0) is 24.3 Å². The minimum Gasteiger partial charge on any atom is -0.362 e. The van der Waals surface area contributed by atoms with Crippen LogP contribution in [0.3, 0.4) is 0 Å². The van der Waals surface area contributed by atoms with E-state index >= 15 is 0 Å². The van der Waals surface area contributed by atoms with Gasteiger partial charge in [0.2, 0.25) is 0 Å². The van der Waals surface area contributed by atoms with Crippen LogP contribution in [-0.2, 0) is 0 Å². The van der Waals surface area contributed by atoms with Gasteiger partial charge in [-0.3, -0.25) is 0 Å². The van der Waals surface area contributed by atoms with E-state index in [-0.39, 0.29) is 5.57 Å². The van der Waals surface area contributed by atoms with E-state index in [0.29, 0.717) is 0 Å². The summed E-state index contributed by atoms with van der Waals surface area (Å²) in [5, 5.41) is 19.9. The van der Waals surface area contributed by atoms with Crippen molar-refractivity contribution in [2.75, 3.05) is 5.32 Å². The zero-order valence-electron chi connectivity index (χ0n) is 8.01. The molecule has 0 unspecified atom stereocenters. The molecular formula is C12H9N3. The Morgan fingerprint density at radius 1 is 1.13 bits per heavy atom. The summed E-state index contributed by atoms with van der Waals surface area (Å²) in [5.74, 6) is 0. The summed E-state index contributed by atoms with van der Waals surface area (Å²) in [7, 11) is 0. The fourth-order valence-electron chi connectivity index (χ4n) is 0.923. The highest BCUT2D eigenvalue weighted by Crippen LogP contribution is 2.04. The maximum absolute atomic E-state index is 8.45. The number of anilines is 1. The van der Waals surface area contributed by atoms with E-state index in [4.69, 9.17) is 10.5 Å². The first kappa shape index (κ1) is 10.6. The Labute approximate surface area is 88.6 Å². The van der Waals surface area contributed by atoms with Gasteiger partial charge in [0, 0.05) is 11.9 Å². The van der Waals surface area contributed by atoms with Crippen molar-refractivity contribution in [2.45, 2.75) is 0 Å². The average Bonchev–Trinajstić information content (AvgIpc) is 2.31. The van der Waals surface area contributed by atoms with Crippen molar-refractivity contribution in [1.82, 2.24) is 0 Å². The van der Waals surface area contributed by atoms with Crippen molar-refractivity contribution in [2.24, 2.45) is 0 Å². The molecular weight excluding hydrogens is 186 g/mol. The van der Waals surface area contributed by atoms with Gasteiger partial charge < -0.3 is 5.32 Å². The highest BCUT2D eigenvalue weighted by Gasteiger charge is 1.86. The number of nitrogens with one attached hydrogen (secondary N) is 1. The van der Waals surface area contributed by atoms with E-state index in [1.54, 1.807) is 24.4 Å². The molecule has 72 valence electrons. The van der Waals surface area contributed by atoms with Crippen LogP contribution in [0, 0.1) is 22.7 Å². The van der Waals surface area contributed by atoms with Crippen molar-refractivity contribution >= 4 is 5.69 Å². The normalized spacial score (nSPS) is 8.93. The molecule has 0 saturated carbocycles. The van der Waals surface area contributed by atoms with E-state index in [9.17, 15) is 0 Å². The summed E-state index contributed by atoms with van der Waals surface area (Å²) in [6.07, 6.45) is 4.74. The van der Waals surface area contributed by atoms with Gasteiger partial charge in [-0.1, -0.05) is 18.2 Å². The topological polar surface area (TPSA) is 59.6 Å². The van der Waals surface area contributed by atoms with Crippen LogP contribution in [0.25, 0.3) is 0 Å². The van der Waals surface area contributed by atoms with Crippen molar-refractivity contribution in [3.8, 4) is 12.1 Å². The van der Waals surface area contributed by atoms with Gasteiger partial charge in [0.25, 0.3) is 0 Å². The van der Waals surface area contributed by atoms with Crippen molar-refractivity contribution in [3.63, 3.8) is 0 Å². The second-order valence-corrected chi connectivity index (χ2v) is 2.67. The molecule has 0 amide bonds. The molecule has 0 bridgehead atoms. The third kappa shape index (κ3) is 3.80.